The molecule has 0 aromatic heterocycles. The molecule has 0 fully saturated rings. The van der Waals surface area contributed by atoms with Gasteiger partial charge in [-0.1, -0.05) is 13.2 Å². The van der Waals surface area contributed by atoms with Crippen LogP contribution in [0.4, 0.5) is 0 Å². The van der Waals surface area contributed by atoms with Crippen molar-refractivity contribution in [3.05, 3.63) is 25.3 Å². The van der Waals surface area contributed by atoms with Crippen molar-refractivity contribution in [3.63, 3.8) is 0 Å². The fourth-order valence-corrected chi connectivity index (χ4v) is 1.66. The topological polar surface area (TPSA) is 63.3 Å². The summed E-state index contributed by atoms with van der Waals surface area (Å²) in [5, 5.41) is 9.02. The summed E-state index contributed by atoms with van der Waals surface area (Å²) in [6.07, 6.45) is 3.90. The maximum atomic E-state index is 10.8. The fourth-order valence-electron chi connectivity index (χ4n) is 1.66. The Bertz CT molecular complexity index is 222. The standard InChI is InChI=1S/C11H20N2O2.ClH/c1-3-6-13(7-4-2,9-10-14)8-5-11(12)15;/h3-4,14H,1-2,5-10H2,(H-,12,15);1H. The van der Waals surface area contributed by atoms with Gasteiger partial charge >= 0.3 is 0 Å². The first kappa shape index (κ1) is 17.6. The van der Waals surface area contributed by atoms with Crippen LogP contribution in [0.5, 0.6) is 0 Å². The summed E-state index contributed by atoms with van der Waals surface area (Å²) in [5.41, 5.74) is 5.13. The van der Waals surface area contributed by atoms with E-state index in [0.29, 0.717) is 37.1 Å². The predicted octanol–water partition coefficient (Wildman–Crippen LogP) is -2.95. The molecule has 0 rings (SSSR count). The van der Waals surface area contributed by atoms with Gasteiger partial charge in [-0.05, 0) is 12.2 Å². The van der Waals surface area contributed by atoms with Gasteiger partial charge in [-0.3, -0.25) is 4.79 Å². The maximum absolute atomic E-state index is 10.8. The molecule has 0 bridgehead atoms. The molecule has 16 heavy (non-hydrogen) atoms. The summed E-state index contributed by atoms with van der Waals surface area (Å²) in [6, 6.07) is 0. The molecule has 1 amide bonds. The molecule has 0 aliphatic carbocycles. The van der Waals surface area contributed by atoms with Crippen LogP contribution < -0.4 is 18.1 Å². The molecule has 0 aromatic rings. The van der Waals surface area contributed by atoms with Crippen LogP contribution >= 0.6 is 0 Å². The van der Waals surface area contributed by atoms with E-state index in [-0.39, 0.29) is 24.9 Å². The van der Waals surface area contributed by atoms with Crippen LogP contribution in [0.2, 0.25) is 0 Å². The Kier molecular flexibility index (Phi) is 10.3. The third-order valence-corrected chi connectivity index (χ3v) is 2.44. The van der Waals surface area contributed by atoms with Crippen molar-refractivity contribution in [2.24, 2.45) is 5.73 Å². The molecule has 0 saturated carbocycles. The lowest BCUT2D eigenvalue weighted by atomic mass is 10.2. The number of nitrogens with zero attached hydrogens (tertiary/aromatic N) is 1. The molecule has 0 radical (unpaired) electrons. The minimum atomic E-state index is -0.316. The van der Waals surface area contributed by atoms with Gasteiger partial charge in [0.25, 0.3) is 0 Å². The van der Waals surface area contributed by atoms with Crippen molar-refractivity contribution in [1.82, 2.24) is 0 Å². The molecule has 0 saturated heterocycles. The Balaban J connectivity index is 0. The van der Waals surface area contributed by atoms with Crippen molar-refractivity contribution in [3.8, 4) is 0 Å². The van der Waals surface area contributed by atoms with E-state index in [4.69, 9.17) is 10.8 Å². The van der Waals surface area contributed by atoms with E-state index >= 15 is 0 Å². The van der Waals surface area contributed by atoms with E-state index in [1.807, 2.05) is 0 Å². The van der Waals surface area contributed by atoms with Crippen LogP contribution in [0, 0.1) is 0 Å². The van der Waals surface area contributed by atoms with Gasteiger partial charge in [0.05, 0.1) is 32.7 Å². The Morgan fingerprint density at radius 2 is 1.75 bits per heavy atom. The van der Waals surface area contributed by atoms with Gasteiger partial charge in [-0.25, -0.2) is 0 Å². The van der Waals surface area contributed by atoms with Gasteiger partial charge < -0.3 is 27.7 Å². The zero-order valence-electron chi connectivity index (χ0n) is 9.57. The normalized spacial score (nSPS) is 10.3. The van der Waals surface area contributed by atoms with E-state index in [0.717, 1.165) is 0 Å². The maximum Gasteiger partial charge on any atom is 0.223 e. The monoisotopic (exact) mass is 248 g/mol. The van der Waals surface area contributed by atoms with Gasteiger partial charge in [-0.15, -0.1) is 0 Å². The Labute approximate surface area is 103 Å². The zero-order chi connectivity index (χ0) is 11.7. The Morgan fingerprint density at radius 3 is 2.06 bits per heavy atom. The molecule has 94 valence electrons. The average molecular weight is 249 g/mol. The molecular weight excluding hydrogens is 228 g/mol. The number of rotatable bonds is 9. The highest BCUT2D eigenvalue weighted by Crippen LogP contribution is 2.08. The molecule has 5 heteroatoms. The second-order valence-corrected chi connectivity index (χ2v) is 3.67. The van der Waals surface area contributed by atoms with Crippen molar-refractivity contribution in [2.75, 3.05) is 32.8 Å². The summed E-state index contributed by atoms with van der Waals surface area (Å²) in [7, 11) is 0. The molecule has 3 N–H and O–H groups in total. The molecule has 0 unspecified atom stereocenters. The van der Waals surface area contributed by atoms with Crippen molar-refractivity contribution >= 4 is 5.91 Å². The van der Waals surface area contributed by atoms with Crippen LogP contribution in [-0.2, 0) is 4.79 Å². The van der Waals surface area contributed by atoms with E-state index in [2.05, 4.69) is 13.2 Å². The van der Waals surface area contributed by atoms with Crippen molar-refractivity contribution in [2.45, 2.75) is 6.42 Å². The Morgan fingerprint density at radius 1 is 1.25 bits per heavy atom. The number of carbonyl (C=O) groups excluding carboxylic acids is 1. The van der Waals surface area contributed by atoms with E-state index in [1.54, 1.807) is 12.2 Å². The minimum Gasteiger partial charge on any atom is -1.00 e. The zero-order valence-corrected chi connectivity index (χ0v) is 10.3. The van der Waals surface area contributed by atoms with Crippen molar-refractivity contribution in [1.29, 1.82) is 0 Å². The van der Waals surface area contributed by atoms with E-state index in [1.165, 1.54) is 0 Å². The number of nitrogens with two attached hydrogens (primary N) is 1. The van der Waals surface area contributed by atoms with E-state index in [9.17, 15) is 4.79 Å². The summed E-state index contributed by atoms with van der Waals surface area (Å²) in [5.74, 6) is -0.316. The molecular formula is C11H21ClN2O2. The molecule has 0 atom stereocenters. The van der Waals surface area contributed by atoms with Gasteiger partial charge in [0.2, 0.25) is 5.91 Å². The van der Waals surface area contributed by atoms with Gasteiger partial charge in [-0.2, -0.15) is 0 Å². The lowest BCUT2D eigenvalue weighted by Gasteiger charge is -2.36. The largest absolute Gasteiger partial charge is 1.00 e. The number of amides is 1. The van der Waals surface area contributed by atoms with Crippen molar-refractivity contribution < 1.29 is 26.8 Å². The number of carbonyl (C=O) groups is 1. The van der Waals surface area contributed by atoms with Crippen LogP contribution in [0.1, 0.15) is 6.42 Å². The second-order valence-electron chi connectivity index (χ2n) is 3.67. The van der Waals surface area contributed by atoms with Gasteiger partial charge in [0.1, 0.15) is 6.54 Å². The number of quaternary nitrogens is 1. The number of hydrogen-bond acceptors (Lipinski definition) is 2. The number of hydrogen-bond donors (Lipinski definition) is 2. The Hall–Kier alpha value is -0.840. The first-order valence-electron chi connectivity index (χ1n) is 5.06. The number of aliphatic hydroxyl groups is 1. The molecule has 0 spiro atoms. The summed E-state index contributed by atoms with van der Waals surface area (Å²) in [4.78, 5) is 10.8. The highest BCUT2D eigenvalue weighted by atomic mass is 35.5. The van der Waals surface area contributed by atoms with Crippen LogP contribution in [0.3, 0.4) is 0 Å². The molecule has 4 nitrogen and oxygen atoms in total. The first-order valence-corrected chi connectivity index (χ1v) is 5.06. The van der Waals surface area contributed by atoms with Gasteiger partial charge in [0.15, 0.2) is 0 Å². The number of primary amides is 1. The number of halogens is 1. The fraction of sp³-hybridized carbons (Fsp3) is 0.545. The first-order chi connectivity index (χ1) is 7.10. The predicted molar refractivity (Wildman–Crippen MR) is 61.0 cm³/mol. The molecule has 0 aromatic carbocycles. The third kappa shape index (κ3) is 6.61. The molecule has 0 heterocycles. The third-order valence-electron chi connectivity index (χ3n) is 2.44. The summed E-state index contributed by atoms with van der Waals surface area (Å²) in [6.45, 7) is 10.1. The molecule has 0 aliphatic rings. The quantitative estimate of drug-likeness (QED) is 0.339. The SMILES string of the molecule is C=CC[N+](CC=C)(CCO)CCC(N)=O.[Cl-]. The smallest absolute Gasteiger partial charge is 0.223 e. The lowest BCUT2D eigenvalue weighted by Crippen LogP contribution is -3.00. The summed E-state index contributed by atoms with van der Waals surface area (Å²) < 4.78 is 0.590. The highest BCUT2D eigenvalue weighted by Gasteiger charge is 2.24. The average Bonchev–Trinajstić information content (AvgIpc) is 2.16. The molecule has 0 aliphatic heterocycles. The van der Waals surface area contributed by atoms with Crippen LogP contribution in [0.25, 0.3) is 0 Å². The van der Waals surface area contributed by atoms with Gasteiger partial charge in [0, 0.05) is 0 Å². The van der Waals surface area contributed by atoms with E-state index < -0.39 is 0 Å². The van der Waals surface area contributed by atoms with Crippen LogP contribution in [0.15, 0.2) is 25.3 Å². The number of aliphatic hydroxyl groups excluding tert-OH is 1. The minimum absolute atomic E-state index is 0. The second kappa shape index (κ2) is 9.39. The van der Waals surface area contributed by atoms with Crippen LogP contribution in [-0.4, -0.2) is 48.3 Å². The highest BCUT2D eigenvalue weighted by molar-refractivity contribution is 5.73. The lowest BCUT2D eigenvalue weighted by molar-refractivity contribution is -0.917. The summed E-state index contributed by atoms with van der Waals surface area (Å²) >= 11 is 0.